The van der Waals surface area contributed by atoms with Crippen LogP contribution in [-0.4, -0.2) is 48.1 Å². The smallest absolute Gasteiger partial charge is 0.408 e. The molecule has 0 spiro atoms. The van der Waals surface area contributed by atoms with E-state index < -0.39 is 23.8 Å². The quantitative estimate of drug-likeness (QED) is 0.239. The van der Waals surface area contributed by atoms with Crippen LogP contribution in [0.1, 0.15) is 90.8 Å². The number of carbonyl (C=O) groups is 3. The topological polar surface area (TPSA) is 97.0 Å². The van der Waals surface area contributed by atoms with Crippen LogP contribution in [-0.2, 0) is 14.3 Å². The molecule has 0 aliphatic carbocycles. The molecule has 2 N–H and O–H groups in total. The molecule has 226 valence electrons. The fourth-order valence-electron chi connectivity index (χ4n) is 4.49. The fraction of sp³-hybridized carbons (Fsp3) is 0.545. The Morgan fingerprint density at radius 2 is 1.51 bits per heavy atom. The standard InChI is InChI=1S/C33H49N3O5/c1-9-10-11-12-13-22-36(31(38)28(23(2)3)35-32(39)41-33(5,6)7)29(25-16-14-24(4)15-17-25)30(37)34-26-18-20-27(40-8)21-19-26/h14-21,23,28-29H,9-13,22H2,1-8H3,(H,34,37)(H,35,39). The summed E-state index contributed by atoms with van der Waals surface area (Å²) in [6.45, 7) is 13.6. The number of methoxy groups -OCH3 is 1. The summed E-state index contributed by atoms with van der Waals surface area (Å²) in [5.41, 5.74) is 1.63. The average Bonchev–Trinajstić information content (AvgIpc) is 2.90. The van der Waals surface area contributed by atoms with E-state index in [1.54, 1.807) is 57.0 Å². The zero-order chi connectivity index (χ0) is 30.6. The van der Waals surface area contributed by atoms with Gasteiger partial charge < -0.3 is 25.0 Å². The largest absolute Gasteiger partial charge is 0.497 e. The maximum Gasteiger partial charge on any atom is 0.408 e. The Bertz CT molecular complexity index is 1110. The summed E-state index contributed by atoms with van der Waals surface area (Å²) >= 11 is 0. The molecule has 2 rings (SSSR count). The van der Waals surface area contributed by atoms with Gasteiger partial charge in [0.2, 0.25) is 5.91 Å². The molecule has 8 heteroatoms. The van der Waals surface area contributed by atoms with Crippen molar-refractivity contribution in [2.75, 3.05) is 19.0 Å². The zero-order valence-electron chi connectivity index (χ0n) is 26.1. The van der Waals surface area contributed by atoms with Gasteiger partial charge in [-0.2, -0.15) is 0 Å². The predicted octanol–water partition coefficient (Wildman–Crippen LogP) is 7.03. The van der Waals surface area contributed by atoms with Gasteiger partial charge in [0.05, 0.1) is 7.11 Å². The average molecular weight is 568 g/mol. The van der Waals surface area contributed by atoms with Crippen molar-refractivity contribution >= 4 is 23.6 Å². The molecule has 0 aliphatic rings. The van der Waals surface area contributed by atoms with E-state index in [-0.39, 0.29) is 17.7 Å². The number of nitrogens with one attached hydrogen (secondary N) is 2. The van der Waals surface area contributed by atoms with Crippen molar-refractivity contribution < 1.29 is 23.9 Å². The SMILES string of the molecule is CCCCCCCN(C(=O)C(NC(=O)OC(C)(C)C)C(C)C)C(C(=O)Nc1ccc(OC)cc1)c1ccc(C)cc1. The highest BCUT2D eigenvalue weighted by atomic mass is 16.6. The highest BCUT2D eigenvalue weighted by Crippen LogP contribution is 2.27. The van der Waals surface area contributed by atoms with Crippen LogP contribution in [0.5, 0.6) is 5.75 Å². The van der Waals surface area contributed by atoms with Crippen molar-refractivity contribution in [2.45, 2.75) is 98.3 Å². The minimum atomic E-state index is -0.905. The number of amides is 3. The molecule has 0 saturated heterocycles. The molecule has 0 radical (unpaired) electrons. The summed E-state index contributed by atoms with van der Waals surface area (Å²) < 4.78 is 10.7. The second kappa shape index (κ2) is 16.0. The molecule has 2 aromatic rings. The van der Waals surface area contributed by atoms with Crippen LogP contribution < -0.4 is 15.4 Å². The van der Waals surface area contributed by atoms with Gasteiger partial charge in [0.1, 0.15) is 23.4 Å². The summed E-state index contributed by atoms with van der Waals surface area (Å²) in [7, 11) is 1.58. The van der Waals surface area contributed by atoms with E-state index in [9.17, 15) is 14.4 Å². The Morgan fingerprint density at radius 3 is 2.05 bits per heavy atom. The van der Waals surface area contributed by atoms with Crippen LogP contribution in [0, 0.1) is 12.8 Å². The van der Waals surface area contributed by atoms with Crippen LogP contribution >= 0.6 is 0 Å². The van der Waals surface area contributed by atoms with E-state index in [0.29, 0.717) is 23.5 Å². The molecule has 41 heavy (non-hydrogen) atoms. The highest BCUT2D eigenvalue weighted by molar-refractivity contribution is 5.99. The molecule has 0 aromatic heterocycles. The summed E-state index contributed by atoms with van der Waals surface area (Å²) in [4.78, 5) is 42.6. The fourth-order valence-corrected chi connectivity index (χ4v) is 4.49. The lowest BCUT2D eigenvalue weighted by Gasteiger charge is -2.35. The van der Waals surface area contributed by atoms with Crippen molar-refractivity contribution in [2.24, 2.45) is 5.92 Å². The normalized spacial score (nSPS) is 12.8. The maximum absolute atomic E-state index is 14.3. The second-order valence-corrected chi connectivity index (χ2v) is 11.8. The molecular formula is C33H49N3O5. The number of ether oxygens (including phenoxy) is 2. The van der Waals surface area contributed by atoms with Gasteiger partial charge in [-0.1, -0.05) is 76.3 Å². The van der Waals surface area contributed by atoms with Crippen molar-refractivity contribution in [3.63, 3.8) is 0 Å². The van der Waals surface area contributed by atoms with E-state index in [1.165, 1.54) is 0 Å². The van der Waals surface area contributed by atoms with Gasteiger partial charge in [0.25, 0.3) is 5.91 Å². The number of aryl methyl sites for hydroxylation is 1. The molecule has 3 amide bonds. The summed E-state index contributed by atoms with van der Waals surface area (Å²) in [5.74, 6) is -0.214. The van der Waals surface area contributed by atoms with Crippen LogP contribution in [0.2, 0.25) is 0 Å². The van der Waals surface area contributed by atoms with E-state index in [4.69, 9.17) is 9.47 Å². The number of hydrogen-bond donors (Lipinski definition) is 2. The van der Waals surface area contributed by atoms with Gasteiger partial charge in [-0.3, -0.25) is 9.59 Å². The molecule has 2 atom stereocenters. The van der Waals surface area contributed by atoms with E-state index in [0.717, 1.165) is 37.7 Å². The van der Waals surface area contributed by atoms with Gasteiger partial charge in [-0.15, -0.1) is 0 Å². The first-order valence-corrected chi connectivity index (χ1v) is 14.7. The first-order valence-electron chi connectivity index (χ1n) is 14.7. The Balaban J connectivity index is 2.49. The Hall–Kier alpha value is -3.55. The number of hydrogen-bond acceptors (Lipinski definition) is 5. The molecule has 2 unspecified atom stereocenters. The van der Waals surface area contributed by atoms with Crippen molar-refractivity contribution in [3.8, 4) is 5.75 Å². The summed E-state index contributed by atoms with van der Waals surface area (Å²) in [6.07, 6.45) is 4.28. The van der Waals surface area contributed by atoms with Gasteiger partial charge in [0.15, 0.2) is 0 Å². The summed E-state index contributed by atoms with van der Waals surface area (Å²) in [6, 6.07) is 12.9. The first-order chi connectivity index (χ1) is 19.4. The Labute approximate surface area is 246 Å². The van der Waals surface area contributed by atoms with Gasteiger partial charge in [-0.05, 0) is 69.9 Å². The minimum absolute atomic E-state index is 0.235. The third-order valence-electron chi connectivity index (χ3n) is 6.70. The highest BCUT2D eigenvalue weighted by Gasteiger charge is 2.37. The van der Waals surface area contributed by atoms with Gasteiger partial charge >= 0.3 is 6.09 Å². The molecule has 0 aliphatic heterocycles. The van der Waals surface area contributed by atoms with Crippen molar-refractivity contribution in [3.05, 3.63) is 59.7 Å². The molecule has 8 nitrogen and oxygen atoms in total. The lowest BCUT2D eigenvalue weighted by molar-refractivity contribution is -0.141. The van der Waals surface area contributed by atoms with Gasteiger partial charge in [0, 0.05) is 12.2 Å². The van der Waals surface area contributed by atoms with E-state index >= 15 is 0 Å². The third-order valence-corrected chi connectivity index (χ3v) is 6.70. The third kappa shape index (κ3) is 11.1. The molecule has 0 saturated carbocycles. The molecule has 2 aromatic carbocycles. The van der Waals surface area contributed by atoms with Crippen LogP contribution in [0.4, 0.5) is 10.5 Å². The maximum atomic E-state index is 14.3. The minimum Gasteiger partial charge on any atom is -0.497 e. The van der Waals surface area contributed by atoms with Gasteiger partial charge in [-0.25, -0.2) is 4.79 Å². The lowest BCUT2D eigenvalue weighted by Crippen LogP contribution is -2.54. The van der Waals surface area contributed by atoms with Crippen molar-refractivity contribution in [1.29, 1.82) is 0 Å². The number of unbranched alkanes of at least 4 members (excludes halogenated alkanes) is 4. The molecule has 0 bridgehead atoms. The number of alkyl carbamates (subject to hydrolysis) is 1. The number of nitrogens with zero attached hydrogens (tertiary/aromatic N) is 1. The van der Waals surface area contributed by atoms with E-state index in [1.807, 2.05) is 45.0 Å². The van der Waals surface area contributed by atoms with Crippen LogP contribution in [0.15, 0.2) is 48.5 Å². The Morgan fingerprint density at radius 1 is 0.902 bits per heavy atom. The lowest BCUT2D eigenvalue weighted by atomic mass is 9.97. The zero-order valence-corrected chi connectivity index (χ0v) is 26.1. The number of benzene rings is 2. The number of anilines is 1. The predicted molar refractivity (Wildman–Crippen MR) is 164 cm³/mol. The van der Waals surface area contributed by atoms with Crippen molar-refractivity contribution in [1.82, 2.24) is 10.2 Å². The number of carbonyl (C=O) groups excluding carboxylic acids is 3. The van der Waals surface area contributed by atoms with Crippen LogP contribution in [0.3, 0.4) is 0 Å². The molecule has 0 fully saturated rings. The Kier molecular flexibility index (Phi) is 13.2. The second-order valence-electron chi connectivity index (χ2n) is 11.8. The van der Waals surface area contributed by atoms with E-state index in [2.05, 4.69) is 17.6 Å². The molecule has 0 heterocycles. The summed E-state index contributed by atoms with van der Waals surface area (Å²) in [5, 5.41) is 5.77. The van der Waals surface area contributed by atoms with Crippen LogP contribution in [0.25, 0.3) is 0 Å². The number of rotatable bonds is 14. The first kappa shape index (κ1) is 33.7. The monoisotopic (exact) mass is 567 g/mol. The molecular weight excluding hydrogens is 518 g/mol.